The molecule has 0 aromatic heterocycles. The van der Waals surface area contributed by atoms with Crippen molar-refractivity contribution in [3.63, 3.8) is 0 Å². The first-order chi connectivity index (χ1) is 9.57. The van der Waals surface area contributed by atoms with Gasteiger partial charge in [0.15, 0.2) is 0 Å². The SMILES string of the molecule is O/N=C1/C(Cl)=C2c3ccc(O)c(Cl)c3C[C@]23CC[C@@H]1C3. The maximum absolute atomic E-state index is 9.80. The number of benzene rings is 1. The Labute approximate surface area is 126 Å². The van der Waals surface area contributed by atoms with E-state index in [9.17, 15) is 10.3 Å². The van der Waals surface area contributed by atoms with Crippen molar-refractivity contribution in [3.05, 3.63) is 33.3 Å². The maximum atomic E-state index is 9.80. The third-order valence-electron chi connectivity index (χ3n) is 5.08. The number of aromatic hydroxyl groups is 1. The van der Waals surface area contributed by atoms with Gasteiger partial charge in [-0.3, -0.25) is 0 Å². The summed E-state index contributed by atoms with van der Waals surface area (Å²) < 4.78 is 0. The normalized spacial score (nSPS) is 32.7. The number of phenols is 1. The van der Waals surface area contributed by atoms with Crippen LogP contribution < -0.4 is 0 Å². The van der Waals surface area contributed by atoms with Gasteiger partial charge in [0, 0.05) is 11.3 Å². The summed E-state index contributed by atoms with van der Waals surface area (Å²) in [4.78, 5) is 0. The fourth-order valence-corrected chi connectivity index (χ4v) is 4.99. The zero-order valence-corrected chi connectivity index (χ0v) is 12.2. The zero-order chi connectivity index (χ0) is 14.1. The lowest BCUT2D eigenvalue weighted by atomic mass is 9.74. The van der Waals surface area contributed by atoms with Crippen LogP contribution in [0.1, 0.15) is 30.4 Å². The van der Waals surface area contributed by atoms with Crippen LogP contribution in [0.4, 0.5) is 0 Å². The summed E-state index contributed by atoms with van der Waals surface area (Å²) in [6, 6.07) is 3.48. The molecular weight excluding hydrogens is 297 g/mol. The molecule has 1 fully saturated rings. The standard InChI is InChI=1S/C15H13Cl2NO2/c16-12-9-6-15-4-3-7(5-15)14(18-20)13(17)11(15)8(9)1-2-10(12)19/h1-2,7,19-20H,3-6H2/b18-14+/t7-,15-/m1/s1. The van der Waals surface area contributed by atoms with Gasteiger partial charge in [-0.15, -0.1) is 0 Å². The summed E-state index contributed by atoms with van der Waals surface area (Å²) in [5.74, 6) is 0.348. The Morgan fingerprint density at radius 2 is 2.10 bits per heavy atom. The topological polar surface area (TPSA) is 52.8 Å². The number of hydrogen-bond acceptors (Lipinski definition) is 3. The molecule has 1 saturated carbocycles. The van der Waals surface area contributed by atoms with Crippen molar-refractivity contribution >= 4 is 34.5 Å². The smallest absolute Gasteiger partial charge is 0.134 e. The second-order valence-corrected chi connectivity index (χ2v) is 6.75. The summed E-state index contributed by atoms with van der Waals surface area (Å²) >= 11 is 12.8. The number of halogens is 2. The Morgan fingerprint density at radius 1 is 1.30 bits per heavy atom. The molecule has 0 heterocycles. The van der Waals surface area contributed by atoms with Crippen LogP contribution in [0, 0.1) is 11.3 Å². The second-order valence-electron chi connectivity index (χ2n) is 6.00. The molecule has 1 aromatic rings. The van der Waals surface area contributed by atoms with Gasteiger partial charge in [0.2, 0.25) is 0 Å². The Kier molecular flexibility index (Phi) is 2.46. The lowest BCUT2D eigenvalue weighted by molar-refractivity contribution is 0.313. The molecule has 3 nitrogen and oxygen atoms in total. The van der Waals surface area contributed by atoms with Crippen LogP contribution in [-0.2, 0) is 6.42 Å². The van der Waals surface area contributed by atoms with E-state index in [-0.39, 0.29) is 17.1 Å². The van der Waals surface area contributed by atoms with E-state index in [1.165, 1.54) is 0 Å². The average molecular weight is 310 g/mol. The minimum atomic E-state index is 0.00963. The van der Waals surface area contributed by atoms with E-state index in [1.807, 2.05) is 6.07 Å². The number of oxime groups is 1. The predicted molar refractivity (Wildman–Crippen MR) is 78.6 cm³/mol. The number of rotatable bonds is 0. The highest BCUT2D eigenvalue weighted by Gasteiger charge is 2.54. The molecule has 5 heteroatoms. The van der Waals surface area contributed by atoms with Crippen molar-refractivity contribution in [1.29, 1.82) is 0 Å². The lowest BCUT2D eigenvalue weighted by Gasteiger charge is -2.31. The number of allylic oxidation sites excluding steroid dienone is 2. The summed E-state index contributed by atoms with van der Waals surface area (Å²) in [6.45, 7) is 0. The Balaban J connectivity index is 2.03. The number of hydrogen-bond donors (Lipinski definition) is 2. The molecule has 1 spiro atoms. The zero-order valence-electron chi connectivity index (χ0n) is 10.7. The molecule has 20 heavy (non-hydrogen) atoms. The third kappa shape index (κ3) is 1.35. The number of fused-ring (bicyclic) bond motifs is 3. The van der Waals surface area contributed by atoms with Crippen molar-refractivity contribution in [3.8, 4) is 5.75 Å². The minimum Gasteiger partial charge on any atom is -0.506 e. The van der Waals surface area contributed by atoms with Gasteiger partial charge in [-0.1, -0.05) is 34.4 Å². The fraction of sp³-hybridized carbons (Fsp3) is 0.400. The Morgan fingerprint density at radius 3 is 2.85 bits per heavy atom. The molecule has 2 bridgehead atoms. The summed E-state index contributed by atoms with van der Waals surface area (Å²) in [6.07, 6.45) is 3.77. The highest BCUT2D eigenvalue weighted by molar-refractivity contribution is 6.48. The monoisotopic (exact) mass is 309 g/mol. The highest BCUT2D eigenvalue weighted by Crippen LogP contribution is 2.64. The van der Waals surface area contributed by atoms with Crippen molar-refractivity contribution in [2.24, 2.45) is 16.5 Å². The van der Waals surface area contributed by atoms with Crippen LogP contribution in [-0.4, -0.2) is 16.0 Å². The fourth-order valence-electron chi connectivity index (χ4n) is 4.26. The molecule has 0 unspecified atom stereocenters. The number of nitrogens with zero attached hydrogens (tertiary/aromatic N) is 1. The van der Waals surface area contributed by atoms with E-state index >= 15 is 0 Å². The lowest BCUT2D eigenvalue weighted by Crippen LogP contribution is -2.26. The van der Waals surface area contributed by atoms with Crippen molar-refractivity contribution in [2.75, 3.05) is 0 Å². The molecule has 3 aliphatic carbocycles. The van der Waals surface area contributed by atoms with E-state index in [0.29, 0.717) is 15.8 Å². The summed E-state index contributed by atoms with van der Waals surface area (Å²) in [5.41, 5.74) is 3.64. The molecule has 4 rings (SSSR count). The van der Waals surface area contributed by atoms with Gasteiger partial charge in [0.25, 0.3) is 0 Å². The first-order valence-corrected chi connectivity index (χ1v) is 7.46. The molecule has 0 amide bonds. The van der Waals surface area contributed by atoms with E-state index < -0.39 is 0 Å². The molecule has 3 aliphatic rings. The molecule has 0 radical (unpaired) electrons. The summed E-state index contributed by atoms with van der Waals surface area (Å²) in [7, 11) is 0. The van der Waals surface area contributed by atoms with Gasteiger partial charge in [-0.05, 0) is 48.4 Å². The van der Waals surface area contributed by atoms with Gasteiger partial charge in [0.1, 0.15) is 11.5 Å². The first kappa shape index (κ1) is 12.5. The predicted octanol–water partition coefficient (Wildman–Crippen LogP) is 4.18. The van der Waals surface area contributed by atoms with Crippen LogP contribution in [0.15, 0.2) is 22.3 Å². The van der Waals surface area contributed by atoms with Crippen LogP contribution in [0.2, 0.25) is 5.02 Å². The van der Waals surface area contributed by atoms with Crippen LogP contribution in [0.3, 0.4) is 0 Å². The molecule has 0 aliphatic heterocycles. The van der Waals surface area contributed by atoms with Gasteiger partial charge in [-0.2, -0.15) is 0 Å². The van der Waals surface area contributed by atoms with E-state index in [4.69, 9.17) is 23.2 Å². The third-order valence-corrected chi connectivity index (χ3v) is 5.89. The molecule has 104 valence electrons. The maximum Gasteiger partial charge on any atom is 0.134 e. The molecule has 2 atom stereocenters. The van der Waals surface area contributed by atoms with E-state index in [1.54, 1.807) is 6.07 Å². The van der Waals surface area contributed by atoms with Gasteiger partial charge >= 0.3 is 0 Å². The molecule has 1 aromatic carbocycles. The van der Waals surface area contributed by atoms with Gasteiger partial charge in [-0.25, -0.2) is 0 Å². The molecule has 2 N–H and O–H groups in total. The quantitative estimate of drug-likeness (QED) is 0.558. The largest absolute Gasteiger partial charge is 0.506 e. The summed E-state index contributed by atoms with van der Waals surface area (Å²) in [5, 5.41) is 23.5. The van der Waals surface area contributed by atoms with E-state index in [2.05, 4.69) is 5.16 Å². The first-order valence-electron chi connectivity index (χ1n) is 6.71. The molecule has 0 saturated heterocycles. The Hall–Kier alpha value is -1.19. The molecular formula is C15H13Cl2NO2. The average Bonchev–Trinajstić information content (AvgIpc) is 2.96. The van der Waals surface area contributed by atoms with Crippen molar-refractivity contribution in [1.82, 2.24) is 0 Å². The van der Waals surface area contributed by atoms with Crippen LogP contribution in [0.5, 0.6) is 5.75 Å². The second kappa shape index (κ2) is 3.92. The Bertz CT molecular complexity index is 695. The highest BCUT2D eigenvalue weighted by atomic mass is 35.5. The number of phenolic OH excluding ortho intramolecular Hbond substituents is 1. The minimum absolute atomic E-state index is 0.00963. The van der Waals surface area contributed by atoms with Crippen LogP contribution in [0.25, 0.3) is 5.57 Å². The van der Waals surface area contributed by atoms with Crippen molar-refractivity contribution < 1.29 is 10.3 Å². The van der Waals surface area contributed by atoms with Gasteiger partial charge < -0.3 is 10.3 Å². The van der Waals surface area contributed by atoms with Crippen LogP contribution >= 0.6 is 23.2 Å². The van der Waals surface area contributed by atoms with Gasteiger partial charge in [0.05, 0.1) is 10.1 Å². The van der Waals surface area contributed by atoms with E-state index in [0.717, 1.165) is 42.4 Å². The van der Waals surface area contributed by atoms with Crippen molar-refractivity contribution in [2.45, 2.75) is 25.7 Å².